The van der Waals surface area contributed by atoms with Crippen LogP contribution >= 0.6 is 0 Å². The van der Waals surface area contributed by atoms with Gasteiger partial charge >= 0.3 is 0 Å². The monoisotopic (exact) mass is 444 g/mol. The summed E-state index contributed by atoms with van der Waals surface area (Å²) in [6, 6.07) is 46.7. The maximum atomic E-state index is 6.21. The summed E-state index contributed by atoms with van der Waals surface area (Å²) in [5.41, 5.74) is 3.41. The topological polar surface area (TPSA) is 12.5 Å². The van der Waals surface area contributed by atoms with Gasteiger partial charge in [0.05, 0.1) is 0 Å². The Balaban J connectivity index is 1.44. The van der Waals surface area contributed by atoms with Crippen LogP contribution in [-0.4, -0.2) is 0 Å². The third-order valence-corrected chi connectivity index (χ3v) is 8.02. The number of ether oxygens (including phenoxy) is 1. The van der Waals surface area contributed by atoms with Crippen molar-refractivity contribution < 1.29 is 4.74 Å². The minimum Gasteiger partial charge on any atom is -0.447 e. The molecule has 0 aliphatic carbocycles. The first-order chi connectivity index (χ1) is 16.4. The van der Waals surface area contributed by atoms with Crippen molar-refractivity contribution in [3.8, 4) is 11.5 Å². The average Bonchev–Trinajstić information content (AvgIpc) is 2.89. The van der Waals surface area contributed by atoms with E-state index in [1.54, 1.807) is 0 Å². The smallest absolute Gasteiger partial charge is 0.209 e. The van der Waals surface area contributed by atoms with E-state index < -0.39 is 0 Å². The van der Waals surface area contributed by atoms with E-state index in [0.29, 0.717) is 0 Å². The highest BCUT2D eigenvalue weighted by molar-refractivity contribution is 7.97. The van der Waals surface area contributed by atoms with Crippen molar-refractivity contribution in [3.05, 3.63) is 133 Å². The first kappa shape index (κ1) is 19.7. The Bertz CT molecular complexity index is 1300. The van der Waals surface area contributed by atoms with E-state index in [1.165, 1.54) is 14.7 Å². The van der Waals surface area contributed by atoms with E-state index in [0.717, 1.165) is 28.6 Å². The van der Waals surface area contributed by atoms with Crippen molar-refractivity contribution in [2.24, 2.45) is 0 Å². The summed E-state index contributed by atoms with van der Waals surface area (Å²) in [4.78, 5) is 6.03. The number of rotatable bonds is 4. The number of fused-ring (bicyclic) bond motifs is 2. The number of benzene rings is 5. The van der Waals surface area contributed by atoms with Crippen molar-refractivity contribution in [3.63, 3.8) is 0 Å². The van der Waals surface area contributed by atoms with Crippen LogP contribution in [0.3, 0.4) is 0 Å². The van der Waals surface area contributed by atoms with E-state index in [4.69, 9.17) is 4.74 Å². The molecule has 158 valence electrons. The van der Waals surface area contributed by atoms with Crippen LogP contribution < -0.4 is 9.64 Å². The highest BCUT2D eigenvalue weighted by Crippen LogP contribution is 2.47. The standard InChI is InChI=1S/C30H22NOS/c1-3-11-23(12-4-1)31(24-13-5-2-6-14-24)25-19-21-26(22-20-25)33-29-17-9-7-15-27(29)32-28-16-8-10-18-30(28)33/h1-22H/q+1. The molecule has 33 heavy (non-hydrogen) atoms. The zero-order valence-electron chi connectivity index (χ0n) is 18.0. The van der Waals surface area contributed by atoms with E-state index in [9.17, 15) is 0 Å². The third-order valence-electron chi connectivity index (χ3n) is 5.72. The van der Waals surface area contributed by atoms with Crippen LogP contribution in [0.25, 0.3) is 0 Å². The summed E-state index contributed by atoms with van der Waals surface area (Å²) in [7, 11) is -0.212. The maximum absolute atomic E-state index is 6.21. The molecule has 1 aliphatic rings. The van der Waals surface area contributed by atoms with E-state index in [1.807, 2.05) is 12.1 Å². The largest absolute Gasteiger partial charge is 0.447 e. The number of nitrogens with zero attached hydrogens (tertiary/aromatic N) is 1. The molecule has 5 aromatic carbocycles. The molecule has 2 nitrogen and oxygen atoms in total. The van der Waals surface area contributed by atoms with Crippen LogP contribution in [0.15, 0.2) is 148 Å². The van der Waals surface area contributed by atoms with Gasteiger partial charge < -0.3 is 9.64 Å². The van der Waals surface area contributed by atoms with Crippen LogP contribution in [-0.2, 0) is 10.9 Å². The van der Waals surface area contributed by atoms with Gasteiger partial charge in [-0.2, -0.15) is 0 Å². The van der Waals surface area contributed by atoms with Crippen LogP contribution in [0.4, 0.5) is 17.1 Å². The first-order valence-electron chi connectivity index (χ1n) is 11.0. The normalized spacial score (nSPS) is 12.4. The Morgan fingerprint density at radius 3 is 1.36 bits per heavy atom. The summed E-state index contributed by atoms with van der Waals surface area (Å²) in [5.74, 6) is 1.89. The molecular weight excluding hydrogens is 422 g/mol. The lowest BCUT2D eigenvalue weighted by Gasteiger charge is -2.25. The SMILES string of the molecule is c1ccc(N(c2ccccc2)c2ccc([S+]3c4ccccc4Oc4ccccc43)cc2)cc1. The molecule has 0 amide bonds. The Morgan fingerprint density at radius 1 is 0.424 bits per heavy atom. The highest BCUT2D eigenvalue weighted by atomic mass is 32.2. The zero-order chi connectivity index (χ0) is 22.0. The molecule has 0 fully saturated rings. The van der Waals surface area contributed by atoms with Gasteiger partial charge in [-0.25, -0.2) is 0 Å². The van der Waals surface area contributed by atoms with Gasteiger partial charge in [0.1, 0.15) is 10.9 Å². The fourth-order valence-electron chi connectivity index (χ4n) is 4.23. The van der Waals surface area contributed by atoms with Gasteiger partial charge in [-0.1, -0.05) is 60.7 Å². The van der Waals surface area contributed by atoms with Crippen molar-refractivity contribution in [2.45, 2.75) is 14.7 Å². The van der Waals surface area contributed by atoms with Crippen molar-refractivity contribution in [1.29, 1.82) is 0 Å². The molecular formula is C30H22NOS+. The second kappa shape index (κ2) is 8.53. The number of anilines is 3. The predicted octanol–water partition coefficient (Wildman–Crippen LogP) is 8.36. The van der Waals surface area contributed by atoms with Gasteiger partial charge in [0.2, 0.25) is 9.79 Å². The minimum atomic E-state index is -0.212. The van der Waals surface area contributed by atoms with Crippen LogP contribution in [0.5, 0.6) is 11.5 Å². The zero-order valence-corrected chi connectivity index (χ0v) is 18.8. The van der Waals surface area contributed by atoms with Gasteiger partial charge in [0, 0.05) is 17.1 Å². The summed E-state index contributed by atoms with van der Waals surface area (Å²) >= 11 is 0. The molecule has 0 unspecified atom stereocenters. The quantitative estimate of drug-likeness (QED) is 0.253. The third kappa shape index (κ3) is 3.67. The molecule has 0 spiro atoms. The fraction of sp³-hybridized carbons (Fsp3) is 0. The second-order valence-corrected chi connectivity index (χ2v) is 9.77. The molecule has 1 aliphatic heterocycles. The first-order valence-corrected chi connectivity index (χ1v) is 12.2. The molecule has 0 N–H and O–H groups in total. The summed E-state index contributed by atoms with van der Waals surface area (Å²) < 4.78 is 6.21. The molecule has 0 radical (unpaired) electrons. The molecule has 0 aromatic heterocycles. The predicted molar refractivity (Wildman–Crippen MR) is 136 cm³/mol. The molecule has 0 saturated carbocycles. The van der Waals surface area contributed by atoms with Crippen LogP contribution in [0.1, 0.15) is 0 Å². The fourth-order valence-corrected chi connectivity index (χ4v) is 6.43. The molecule has 3 heteroatoms. The lowest BCUT2D eigenvalue weighted by molar-refractivity contribution is 0.453. The molecule has 0 bridgehead atoms. The average molecular weight is 445 g/mol. The summed E-state index contributed by atoms with van der Waals surface area (Å²) in [6.45, 7) is 0. The Hall–Kier alpha value is -3.95. The van der Waals surface area contributed by atoms with Gasteiger partial charge in [0.15, 0.2) is 16.4 Å². The Kier molecular flexibility index (Phi) is 5.10. The van der Waals surface area contributed by atoms with Crippen LogP contribution in [0.2, 0.25) is 0 Å². The molecule has 1 heterocycles. The van der Waals surface area contributed by atoms with Crippen molar-refractivity contribution in [1.82, 2.24) is 0 Å². The summed E-state index contributed by atoms with van der Waals surface area (Å²) in [6.07, 6.45) is 0. The number of para-hydroxylation sites is 4. The molecule has 0 saturated heterocycles. The Labute approximate surface area is 197 Å². The van der Waals surface area contributed by atoms with Gasteiger partial charge in [-0.05, 0) is 72.8 Å². The number of hydrogen-bond donors (Lipinski definition) is 0. The van der Waals surface area contributed by atoms with Crippen LogP contribution in [0, 0.1) is 0 Å². The second-order valence-electron chi connectivity index (χ2n) is 7.80. The maximum Gasteiger partial charge on any atom is 0.209 e. The highest BCUT2D eigenvalue weighted by Gasteiger charge is 2.38. The molecule has 6 rings (SSSR count). The minimum absolute atomic E-state index is 0.212. The lowest BCUT2D eigenvalue weighted by atomic mass is 10.2. The van der Waals surface area contributed by atoms with Gasteiger partial charge in [-0.15, -0.1) is 0 Å². The van der Waals surface area contributed by atoms with Gasteiger partial charge in [0.25, 0.3) is 0 Å². The van der Waals surface area contributed by atoms with E-state index in [-0.39, 0.29) is 10.9 Å². The van der Waals surface area contributed by atoms with Crippen molar-refractivity contribution in [2.75, 3.05) is 4.90 Å². The lowest BCUT2D eigenvalue weighted by Crippen LogP contribution is -2.13. The van der Waals surface area contributed by atoms with E-state index >= 15 is 0 Å². The summed E-state index contributed by atoms with van der Waals surface area (Å²) in [5, 5.41) is 0. The molecule has 5 aromatic rings. The van der Waals surface area contributed by atoms with E-state index in [2.05, 4.69) is 126 Å². The Morgan fingerprint density at radius 2 is 0.848 bits per heavy atom. The molecule has 0 atom stereocenters. The number of hydrogen-bond acceptors (Lipinski definition) is 2. The van der Waals surface area contributed by atoms with Crippen molar-refractivity contribution >= 4 is 28.0 Å². The van der Waals surface area contributed by atoms with Gasteiger partial charge in [-0.3, -0.25) is 0 Å².